The molecule has 1 rings (SSSR count). The first-order chi connectivity index (χ1) is 5.10. The van der Waals surface area contributed by atoms with Crippen LogP contribution in [0.1, 0.15) is 6.92 Å². The third-order valence-corrected chi connectivity index (χ3v) is 2.21. The Bertz CT molecular complexity index is 134. The van der Waals surface area contributed by atoms with Crippen LogP contribution in [-0.2, 0) is 0 Å². The van der Waals surface area contributed by atoms with Gasteiger partial charge in [-0.25, -0.2) is 8.78 Å². The Morgan fingerprint density at radius 3 is 2.45 bits per heavy atom. The van der Waals surface area contributed by atoms with Crippen molar-refractivity contribution in [3.05, 3.63) is 0 Å². The molecule has 0 aromatic carbocycles. The molecule has 1 aliphatic heterocycles. The molecule has 66 valence electrons. The van der Waals surface area contributed by atoms with Gasteiger partial charge in [-0.1, -0.05) is 6.92 Å². The fraction of sp³-hybridized carbons (Fsp3) is 1.00. The Kier molecular flexibility index (Phi) is 2.44. The summed E-state index contributed by atoms with van der Waals surface area (Å²) in [4.78, 5) is 1.92. The molecule has 0 saturated carbocycles. The minimum atomic E-state index is -2.87. The Balaban J connectivity index is 2.31. The third kappa shape index (κ3) is 1.68. The van der Waals surface area contributed by atoms with Crippen LogP contribution in [0, 0.1) is 5.92 Å². The van der Waals surface area contributed by atoms with Crippen LogP contribution in [0.5, 0.6) is 0 Å². The van der Waals surface area contributed by atoms with E-state index < -0.39 is 18.4 Å². The maximum absolute atomic E-state index is 12.6. The van der Waals surface area contributed by atoms with Gasteiger partial charge in [-0.05, 0) is 6.54 Å². The Morgan fingerprint density at radius 1 is 1.55 bits per heavy atom. The minimum Gasteiger partial charge on any atom is -0.390 e. The van der Waals surface area contributed by atoms with Gasteiger partial charge in [0.15, 0.2) is 0 Å². The zero-order valence-electron chi connectivity index (χ0n) is 6.56. The number of halogens is 2. The molecule has 0 amide bonds. The molecule has 1 heterocycles. The van der Waals surface area contributed by atoms with Crippen molar-refractivity contribution in [1.82, 2.24) is 4.90 Å². The summed E-state index contributed by atoms with van der Waals surface area (Å²) in [5.41, 5.74) is 0. The molecule has 0 aliphatic carbocycles. The fourth-order valence-corrected chi connectivity index (χ4v) is 1.22. The second-order valence-electron chi connectivity index (χ2n) is 2.97. The van der Waals surface area contributed by atoms with E-state index in [0.29, 0.717) is 13.1 Å². The number of likely N-dealkylation sites (tertiary alicyclic amines) is 1. The normalized spacial score (nSPS) is 21.8. The van der Waals surface area contributed by atoms with E-state index in [1.807, 2.05) is 11.8 Å². The van der Waals surface area contributed by atoms with Crippen LogP contribution < -0.4 is 0 Å². The fourth-order valence-electron chi connectivity index (χ4n) is 1.22. The van der Waals surface area contributed by atoms with Crippen molar-refractivity contribution in [3.63, 3.8) is 0 Å². The van der Waals surface area contributed by atoms with E-state index in [2.05, 4.69) is 0 Å². The lowest BCUT2D eigenvalue weighted by Crippen LogP contribution is -2.55. The summed E-state index contributed by atoms with van der Waals surface area (Å²) in [6.45, 7) is 2.58. The largest absolute Gasteiger partial charge is 0.390 e. The highest BCUT2D eigenvalue weighted by atomic mass is 19.3. The number of hydrogen-bond acceptors (Lipinski definition) is 2. The number of aliphatic hydroxyl groups is 1. The van der Waals surface area contributed by atoms with Crippen LogP contribution in [0.4, 0.5) is 8.78 Å². The van der Waals surface area contributed by atoms with Crippen molar-refractivity contribution >= 4 is 0 Å². The molecule has 11 heavy (non-hydrogen) atoms. The summed E-state index contributed by atoms with van der Waals surface area (Å²) in [6, 6.07) is 0. The van der Waals surface area contributed by atoms with E-state index in [9.17, 15) is 8.78 Å². The van der Waals surface area contributed by atoms with Crippen LogP contribution in [0.25, 0.3) is 0 Å². The first-order valence-electron chi connectivity index (χ1n) is 3.81. The molecule has 0 aromatic rings. The molecule has 1 aliphatic rings. The van der Waals surface area contributed by atoms with Gasteiger partial charge in [0, 0.05) is 13.1 Å². The van der Waals surface area contributed by atoms with E-state index in [1.54, 1.807) is 0 Å². The number of alkyl halides is 2. The summed E-state index contributed by atoms with van der Waals surface area (Å²) < 4.78 is 25.3. The van der Waals surface area contributed by atoms with Crippen molar-refractivity contribution in [2.75, 3.05) is 26.2 Å². The van der Waals surface area contributed by atoms with Gasteiger partial charge in [0.25, 0.3) is 5.92 Å². The Morgan fingerprint density at radius 2 is 2.09 bits per heavy atom. The van der Waals surface area contributed by atoms with Crippen LogP contribution in [0.3, 0.4) is 0 Å². The number of hydrogen-bond donors (Lipinski definition) is 1. The molecule has 1 N–H and O–H groups in total. The van der Waals surface area contributed by atoms with E-state index in [1.165, 1.54) is 0 Å². The van der Waals surface area contributed by atoms with Crippen molar-refractivity contribution in [1.29, 1.82) is 0 Å². The maximum Gasteiger partial charge on any atom is 0.275 e. The summed E-state index contributed by atoms with van der Waals surface area (Å²) >= 11 is 0. The zero-order chi connectivity index (χ0) is 8.48. The topological polar surface area (TPSA) is 23.5 Å². The molecular formula is C7H13F2NO. The predicted molar refractivity (Wildman–Crippen MR) is 37.6 cm³/mol. The monoisotopic (exact) mass is 165 g/mol. The Labute approximate surface area is 64.8 Å². The van der Waals surface area contributed by atoms with Crippen LogP contribution >= 0.6 is 0 Å². The first kappa shape index (κ1) is 8.87. The van der Waals surface area contributed by atoms with Crippen molar-refractivity contribution in [2.45, 2.75) is 12.8 Å². The molecular weight excluding hydrogens is 152 g/mol. The summed E-state index contributed by atoms with van der Waals surface area (Å²) in [5, 5.41) is 8.32. The van der Waals surface area contributed by atoms with Crippen LogP contribution in [0.15, 0.2) is 0 Å². The average Bonchev–Trinajstić information content (AvgIpc) is 1.85. The second-order valence-corrected chi connectivity index (χ2v) is 2.97. The second kappa shape index (κ2) is 3.03. The molecule has 0 spiro atoms. The van der Waals surface area contributed by atoms with Crippen molar-refractivity contribution < 1.29 is 13.9 Å². The molecule has 0 aromatic heterocycles. The van der Waals surface area contributed by atoms with Gasteiger partial charge in [0.2, 0.25) is 0 Å². The van der Waals surface area contributed by atoms with Gasteiger partial charge in [0.1, 0.15) is 6.61 Å². The van der Waals surface area contributed by atoms with Gasteiger partial charge in [-0.15, -0.1) is 0 Å². The maximum atomic E-state index is 12.6. The third-order valence-electron chi connectivity index (χ3n) is 2.21. The molecule has 4 heteroatoms. The van der Waals surface area contributed by atoms with Crippen LogP contribution in [0.2, 0.25) is 0 Å². The predicted octanol–water partition coefficient (Wildman–Crippen LogP) is 0.566. The van der Waals surface area contributed by atoms with Gasteiger partial charge in [-0.2, -0.15) is 0 Å². The average molecular weight is 165 g/mol. The van der Waals surface area contributed by atoms with E-state index >= 15 is 0 Å². The number of nitrogens with zero attached hydrogens (tertiary/aromatic N) is 1. The van der Waals surface area contributed by atoms with Crippen molar-refractivity contribution in [2.24, 2.45) is 5.92 Å². The molecule has 2 nitrogen and oxygen atoms in total. The molecule has 1 fully saturated rings. The first-order valence-corrected chi connectivity index (χ1v) is 3.81. The summed E-state index contributed by atoms with van der Waals surface area (Å²) in [5.74, 6) is -3.50. The Hall–Kier alpha value is -0.220. The van der Waals surface area contributed by atoms with E-state index in [-0.39, 0.29) is 0 Å². The van der Waals surface area contributed by atoms with E-state index in [0.717, 1.165) is 6.54 Å². The van der Waals surface area contributed by atoms with Gasteiger partial charge < -0.3 is 10.0 Å². The van der Waals surface area contributed by atoms with Gasteiger partial charge >= 0.3 is 0 Å². The molecule has 0 radical (unpaired) electrons. The van der Waals surface area contributed by atoms with E-state index in [4.69, 9.17) is 5.11 Å². The lowest BCUT2D eigenvalue weighted by atomic mass is 9.93. The van der Waals surface area contributed by atoms with Crippen LogP contribution in [-0.4, -0.2) is 42.2 Å². The highest BCUT2D eigenvalue weighted by molar-refractivity contribution is 4.88. The molecule has 1 saturated heterocycles. The lowest BCUT2D eigenvalue weighted by molar-refractivity contribution is -0.142. The lowest BCUT2D eigenvalue weighted by Gasteiger charge is -2.41. The highest BCUT2D eigenvalue weighted by Gasteiger charge is 2.45. The van der Waals surface area contributed by atoms with Gasteiger partial charge in [-0.3, -0.25) is 0 Å². The standard InChI is InChI=1S/C7H13F2NO/c1-2-10-3-6(4-10)7(8,9)5-11/h6,11H,2-5H2,1H3. The smallest absolute Gasteiger partial charge is 0.275 e. The zero-order valence-corrected chi connectivity index (χ0v) is 6.56. The SMILES string of the molecule is CCN1CC(C(F)(F)CO)C1. The number of rotatable bonds is 3. The van der Waals surface area contributed by atoms with Gasteiger partial charge in [0.05, 0.1) is 5.92 Å². The summed E-state index contributed by atoms with van der Waals surface area (Å²) in [6.07, 6.45) is 0. The quantitative estimate of drug-likeness (QED) is 0.660. The minimum absolute atomic E-state index is 0.421. The molecule has 0 bridgehead atoms. The molecule has 0 unspecified atom stereocenters. The molecule has 0 atom stereocenters. The number of aliphatic hydroxyl groups excluding tert-OH is 1. The summed E-state index contributed by atoms with van der Waals surface area (Å²) in [7, 11) is 0. The highest BCUT2D eigenvalue weighted by Crippen LogP contribution is 2.31. The van der Waals surface area contributed by atoms with Crippen molar-refractivity contribution in [3.8, 4) is 0 Å².